The number of hydrogen-bond donors (Lipinski definition) is 2. The summed E-state index contributed by atoms with van der Waals surface area (Å²) in [4.78, 5) is 2.21. The molecule has 1 atom stereocenters. The van der Waals surface area contributed by atoms with Gasteiger partial charge >= 0.3 is 0 Å². The van der Waals surface area contributed by atoms with Crippen molar-refractivity contribution >= 4 is 24.8 Å². The number of piperazine rings is 1. The first kappa shape index (κ1) is 20.7. The monoisotopic (exact) mass is 347 g/mol. The number of rotatable bonds is 4. The van der Waals surface area contributed by atoms with Crippen molar-refractivity contribution < 1.29 is 9.50 Å². The molecule has 0 unspecified atom stereocenters. The van der Waals surface area contributed by atoms with Gasteiger partial charge in [-0.15, -0.1) is 31.4 Å². The fourth-order valence-corrected chi connectivity index (χ4v) is 2.58. The van der Waals surface area contributed by atoms with E-state index in [0.717, 1.165) is 26.2 Å². The number of halogens is 3. The van der Waals surface area contributed by atoms with Gasteiger partial charge in [0.1, 0.15) is 23.2 Å². The average molecular weight is 348 g/mol. The van der Waals surface area contributed by atoms with E-state index in [4.69, 9.17) is 5.26 Å². The van der Waals surface area contributed by atoms with Crippen molar-refractivity contribution in [2.75, 3.05) is 26.2 Å². The number of nitrogens with one attached hydrogen (secondary N) is 1. The summed E-state index contributed by atoms with van der Waals surface area (Å²) in [5.74, 6) is -0.940. The van der Waals surface area contributed by atoms with Gasteiger partial charge < -0.3 is 10.4 Å². The summed E-state index contributed by atoms with van der Waals surface area (Å²) in [6.07, 6.45) is 2.42. The zero-order valence-corrected chi connectivity index (χ0v) is 13.7. The summed E-state index contributed by atoms with van der Waals surface area (Å²) in [7, 11) is 0. The molecule has 4 nitrogen and oxygen atoms in total. The zero-order chi connectivity index (χ0) is 14.5. The Morgan fingerprint density at radius 2 is 2.05 bits per heavy atom. The summed E-state index contributed by atoms with van der Waals surface area (Å²) in [5.41, 5.74) is 0.302. The minimum atomic E-state index is -0.689. The van der Waals surface area contributed by atoms with Crippen LogP contribution in [0.4, 0.5) is 4.39 Å². The van der Waals surface area contributed by atoms with E-state index >= 15 is 0 Å². The molecule has 0 spiro atoms. The summed E-state index contributed by atoms with van der Waals surface area (Å²) in [6.45, 7) is 7.19. The molecular formula is C15H20Cl2FN3O. The topological polar surface area (TPSA) is 59.3 Å². The fraction of sp³-hybridized carbons (Fsp3) is 0.400. The molecule has 22 heavy (non-hydrogen) atoms. The Kier molecular flexibility index (Phi) is 9.07. The molecule has 1 aliphatic rings. The molecule has 0 amide bonds. The Morgan fingerprint density at radius 3 is 2.59 bits per heavy atom. The minimum absolute atomic E-state index is 0. The molecule has 0 aromatic heterocycles. The lowest BCUT2D eigenvalue weighted by Gasteiger charge is -2.35. The normalized spacial score (nSPS) is 15.8. The summed E-state index contributed by atoms with van der Waals surface area (Å²) < 4.78 is 13.5. The second-order valence-corrected chi connectivity index (χ2v) is 4.80. The van der Waals surface area contributed by atoms with Gasteiger partial charge in [-0.2, -0.15) is 5.26 Å². The third-order valence-corrected chi connectivity index (χ3v) is 3.61. The molecule has 0 radical (unpaired) electrons. The van der Waals surface area contributed by atoms with Crippen LogP contribution < -0.4 is 5.32 Å². The Labute approximate surface area is 142 Å². The van der Waals surface area contributed by atoms with E-state index in [0.29, 0.717) is 12.0 Å². The van der Waals surface area contributed by atoms with Crippen molar-refractivity contribution in [3.63, 3.8) is 0 Å². The van der Waals surface area contributed by atoms with E-state index in [2.05, 4.69) is 16.8 Å². The van der Waals surface area contributed by atoms with Crippen molar-refractivity contribution in [1.29, 1.82) is 5.26 Å². The van der Waals surface area contributed by atoms with Crippen molar-refractivity contribution in [2.45, 2.75) is 12.5 Å². The highest BCUT2D eigenvalue weighted by Crippen LogP contribution is 2.34. The zero-order valence-electron chi connectivity index (χ0n) is 12.1. The van der Waals surface area contributed by atoms with Gasteiger partial charge in [-0.25, -0.2) is 4.39 Å². The van der Waals surface area contributed by atoms with Crippen molar-refractivity contribution in [3.8, 4) is 11.8 Å². The lowest BCUT2D eigenvalue weighted by atomic mass is 9.97. The number of nitrogens with zero attached hydrogens (tertiary/aromatic N) is 2. The Hall–Kier alpha value is -1.32. The molecule has 0 aliphatic carbocycles. The molecule has 1 aliphatic heterocycles. The number of aromatic hydroxyl groups is 1. The fourth-order valence-electron chi connectivity index (χ4n) is 2.58. The van der Waals surface area contributed by atoms with Crippen LogP contribution in [0.3, 0.4) is 0 Å². The molecule has 1 fully saturated rings. The second-order valence-electron chi connectivity index (χ2n) is 4.80. The van der Waals surface area contributed by atoms with E-state index in [9.17, 15) is 9.50 Å². The van der Waals surface area contributed by atoms with Gasteiger partial charge in [-0.1, -0.05) is 12.1 Å². The van der Waals surface area contributed by atoms with E-state index in [1.807, 2.05) is 0 Å². The lowest BCUT2D eigenvalue weighted by Crippen LogP contribution is -2.45. The molecule has 1 aromatic rings. The van der Waals surface area contributed by atoms with Gasteiger partial charge in [0.05, 0.1) is 0 Å². The predicted octanol–water partition coefficient (Wildman–Crippen LogP) is 2.77. The maximum Gasteiger partial charge on any atom is 0.144 e. The maximum atomic E-state index is 13.5. The molecule has 0 bridgehead atoms. The molecule has 2 N–H and O–H groups in total. The molecule has 7 heteroatoms. The van der Waals surface area contributed by atoms with Crippen LogP contribution in [0.5, 0.6) is 5.75 Å². The SMILES string of the molecule is C=CC[C@@H](c1ccc(F)c(C#N)c1O)N1CCNCC1.Cl.Cl. The quantitative estimate of drug-likeness (QED) is 0.822. The van der Waals surface area contributed by atoms with Crippen LogP contribution in [0.25, 0.3) is 0 Å². The molecule has 2 rings (SSSR count). The minimum Gasteiger partial charge on any atom is -0.506 e. The number of phenolic OH excluding ortho intramolecular Hbond substituents is 1. The standard InChI is InChI=1S/C15H18FN3O.2ClH/c1-2-3-14(19-8-6-18-7-9-19)11-4-5-13(16)12(10-17)15(11)20;;/h2,4-5,14,18,20H,1,3,6-9H2;2*1H/t14-;;/m0../s1. The highest BCUT2D eigenvalue weighted by Gasteiger charge is 2.25. The van der Waals surface area contributed by atoms with Gasteiger partial charge in [0.2, 0.25) is 0 Å². The summed E-state index contributed by atoms with van der Waals surface area (Å²) in [6, 6.07) is 4.44. The van der Waals surface area contributed by atoms with Crippen LogP contribution in [0.2, 0.25) is 0 Å². The number of phenols is 1. The Morgan fingerprint density at radius 1 is 1.41 bits per heavy atom. The highest BCUT2D eigenvalue weighted by molar-refractivity contribution is 5.85. The van der Waals surface area contributed by atoms with E-state index in [1.54, 1.807) is 18.2 Å². The lowest BCUT2D eigenvalue weighted by molar-refractivity contribution is 0.172. The van der Waals surface area contributed by atoms with Gasteiger partial charge in [-0.05, 0) is 12.5 Å². The van der Waals surface area contributed by atoms with Crippen LogP contribution in [-0.4, -0.2) is 36.2 Å². The van der Waals surface area contributed by atoms with Crippen molar-refractivity contribution in [3.05, 3.63) is 41.7 Å². The third-order valence-electron chi connectivity index (χ3n) is 3.61. The first-order valence-corrected chi connectivity index (χ1v) is 6.66. The van der Waals surface area contributed by atoms with Crippen LogP contribution in [0.15, 0.2) is 24.8 Å². The Balaban J connectivity index is 0.00000220. The smallest absolute Gasteiger partial charge is 0.144 e. The van der Waals surface area contributed by atoms with Crippen LogP contribution in [0.1, 0.15) is 23.6 Å². The number of benzene rings is 1. The highest BCUT2D eigenvalue weighted by atomic mass is 35.5. The first-order chi connectivity index (χ1) is 9.69. The van der Waals surface area contributed by atoms with Gasteiger partial charge in [0, 0.05) is 37.8 Å². The molecule has 1 aromatic carbocycles. The summed E-state index contributed by atoms with van der Waals surface area (Å²) >= 11 is 0. The second kappa shape index (κ2) is 9.65. The maximum absolute atomic E-state index is 13.5. The molecule has 0 saturated carbocycles. The Bertz CT molecular complexity index is 542. The van der Waals surface area contributed by atoms with Crippen LogP contribution in [-0.2, 0) is 0 Å². The van der Waals surface area contributed by atoms with Gasteiger partial charge in [0.25, 0.3) is 0 Å². The summed E-state index contributed by atoms with van der Waals surface area (Å²) in [5, 5.41) is 22.4. The van der Waals surface area contributed by atoms with Crippen LogP contribution >= 0.6 is 24.8 Å². The predicted molar refractivity (Wildman–Crippen MR) is 89.3 cm³/mol. The van der Waals surface area contributed by atoms with Crippen LogP contribution in [0, 0.1) is 17.1 Å². The third kappa shape index (κ3) is 4.34. The first-order valence-electron chi connectivity index (χ1n) is 6.66. The molecule has 1 saturated heterocycles. The number of nitriles is 1. The van der Waals surface area contributed by atoms with E-state index in [1.165, 1.54) is 6.07 Å². The van der Waals surface area contributed by atoms with E-state index < -0.39 is 5.82 Å². The molecular weight excluding hydrogens is 328 g/mol. The average Bonchev–Trinajstić information content (AvgIpc) is 2.47. The van der Waals surface area contributed by atoms with E-state index in [-0.39, 0.29) is 42.2 Å². The number of hydrogen-bond acceptors (Lipinski definition) is 4. The largest absolute Gasteiger partial charge is 0.506 e. The van der Waals surface area contributed by atoms with Gasteiger partial charge in [-0.3, -0.25) is 4.90 Å². The van der Waals surface area contributed by atoms with Crippen molar-refractivity contribution in [1.82, 2.24) is 10.2 Å². The molecule has 1 heterocycles. The van der Waals surface area contributed by atoms with Crippen molar-refractivity contribution in [2.24, 2.45) is 0 Å². The molecule has 122 valence electrons. The van der Waals surface area contributed by atoms with Gasteiger partial charge in [0.15, 0.2) is 0 Å².